The second kappa shape index (κ2) is 6.22. The number of hydrogen-bond acceptors (Lipinski definition) is 2. The van der Waals surface area contributed by atoms with Crippen LogP contribution in [0.5, 0.6) is 0 Å². The average Bonchev–Trinajstić information content (AvgIpc) is 2.30. The number of nitrogens with one attached hydrogen (secondary N) is 1. The molecule has 1 aromatic rings. The molecule has 2 amide bonds. The second-order valence-electron chi connectivity index (χ2n) is 3.56. The third kappa shape index (κ3) is 3.77. The van der Waals surface area contributed by atoms with Crippen molar-refractivity contribution in [2.45, 2.75) is 13.8 Å². The number of carbonyl (C=O) groups excluding carboxylic acids is 2. The number of rotatable bonds is 3. The number of azide groups is 1. The molecule has 6 nitrogen and oxygen atoms in total. The number of hydrogen-bond donors (Lipinski definition) is 1. The summed E-state index contributed by atoms with van der Waals surface area (Å²) < 4.78 is 0. The van der Waals surface area contributed by atoms with Crippen LogP contribution >= 0.6 is 0 Å². The van der Waals surface area contributed by atoms with Crippen LogP contribution in [0.15, 0.2) is 29.4 Å². The van der Waals surface area contributed by atoms with E-state index in [2.05, 4.69) is 15.3 Å². The van der Waals surface area contributed by atoms with Crippen molar-refractivity contribution in [2.24, 2.45) is 5.11 Å². The topological polar surface area (TPSA) is 94.9 Å². The van der Waals surface area contributed by atoms with E-state index in [1.54, 1.807) is 18.2 Å². The molecule has 1 aromatic carbocycles. The van der Waals surface area contributed by atoms with Gasteiger partial charge in [0.05, 0.1) is 0 Å². The summed E-state index contributed by atoms with van der Waals surface area (Å²) in [5, 5.41) is 5.61. The lowest BCUT2D eigenvalue weighted by molar-refractivity contribution is -0.114. The van der Waals surface area contributed by atoms with E-state index in [0.717, 1.165) is 11.1 Å². The van der Waals surface area contributed by atoms with Crippen LogP contribution in [-0.4, -0.2) is 11.8 Å². The lowest BCUT2D eigenvalue weighted by atomic mass is 10.1. The molecule has 6 heteroatoms. The maximum atomic E-state index is 11.0. The Morgan fingerprint density at radius 3 is 2.78 bits per heavy atom. The zero-order valence-corrected chi connectivity index (χ0v) is 10.0. The Labute approximate surface area is 104 Å². The van der Waals surface area contributed by atoms with Crippen molar-refractivity contribution in [2.75, 3.05) is 5.32 Å². The number of nitrogens with zero attached hydrogens (tertiary/aromatic N) is 3. The fourth-order valence-electron chi connectivity index (χ4n) is 1.40. The van der Waals surface area contributed by atoms with E-state index in [1.807, 2.05) is 6.92 Å². The first-order valence-electron chi connectivity index (χ1n) is 5.19. The first kappa shape index (κ1) is 13.5. The van der Waals surface area contributed by atoms with Gasteiger partial charge in [0.15, 0.2) is 0 Å². The van der Waals surface area contributed by atoms with Gasteiger partial charge in [-0.1, -0.05) is 18.2 Å². The second-order valence-corrected chi connectivity index (χ2v) is 3.56. The Hall–Kier alpha value is -2.59. The van der Waals surface area contributed by atoms with Crippen LogP contribution in [0.2, 0.25) is 0 Å². The first-order valence-corrected chi connectivity index (χ1v) is 5.19. The number of carbonyl (C=O) groups is 2. The van der Waals surface area contributed by atoms with Gasteiger partial charge in [-0.15, -0.1) is 0 Å². The summed E-state index contributed by atoms with van der Waals surface area (Å²) in [7, 11) is 0. The van der Waals surface area contributed by atoms with E-state index in [4.69, 9.17) is 5.53 Å². The monoisotopic (exact) mass is 244 g/mol. The van der Waals surface area contributed by atoms with Gasteiger partial charge in [0.2, 0.25) is 11.8 Å². The average molecular weight is 244 g/mol. The van der Waals surface area contributed by atoms with Crippen LogP contribution in [0.4, 0.5) is 5.69 Å². The molecule has 0 aliphatic carbocycles. The van der Waals surface area contributed by atoms with E-state index < -0.39 is 5.91 Å². The Bertz CT molecular complexity index is 557. The molecule has 0 aromatic heterocycles. The molecule has 18 heavy (non-hydrogen) atoms. The van der Waals surface area contributed by atoms with Gasteiger partial charge < -0.3 is 5.32 Å². The molecule has 92 valence electrons. The largest absolute Gasteiger partial charge is 0.326 e. The maximum Gasteiger partial charge on any atom is 0.242 e. The highest BCUT2D eigenvalue weighted by Gasteiger charge is 2.03. The summed E-state index contributed by atoms with van der Waals surface area (Å²) in [6, 6.07) is 5.32. The summed E-state index contributed by atoms with van der Waals surface area (Å²) in [5.74, 6) is -0.828. The minimum Gasteiger partial charge on any atom is -0.326 e. The predicted octanol–water partition coefficient (Wildman–Crippen LogP) is 2.80. The quantitative estimate of drug-likeness (QED) is 0.383. The van der Waals surface area contributed by atoms with Crippen molar-refractivity contribution in [3.05, 3.63) is 45.8 Å². The molecule has 0 aliphatic rings. The summed E-state index contributed by atoms with van der Waals surface area (Å²) in [4.78, 5) is 24.4. The molecule has 1 rings (SSSR count). The van der Waals surface area contributed by atoms with Crippen LogP contribution in [0.1, 0.15) is 18.1 Å². The Morgan fingerprint density at radius 1 is 1.44 bits per heavy atom. The van der Waals surface area contributed by atoms with E-state index >= 15 is 0 Å². The summed E-state index contributed by atoms with van der Waals surface area (Å²) >= 11 is 0. The van der Waals surface area contributed by atoms with Crippen LogP contribution in [0.3, 0.4) is 0 Å². The third-order valence-electron chi connectivity index (χ3n) is 2.24. The van der Waals surface area contributed by atoms with E-state index in [-0.39, 0.29) is 5.91 Å². The van der Waals surface area contributed by atoms with Gasteiger partial charge >= 0.3 is 0 Å². The Kier molecular flexibility index (Phi) is 4.66. The van der Waals surface area contributed by atoms with Gasteiger partial charge in [-0.2, -0.15) is 0 Å². The highest BCUT2D eigenvalue weighted by Crippen LogP contribution is 2.20. The standard InChI is InChI=1S/C12H12N4O2/c1-8-10(6-7-12(18)15-16-13)4-3-5-11(8)14-9(2)17/h3-7H,1-2H3,(H,14,17)/b7-6+. The van der Waals surface area contributed by atoms with Crippen molar-refractivity contribution in [3.8, 4) is 0 Å². The van der Waals surface area contributed by atoms with E-state index in [1.165, 1.54) is 19.1 Å². The molecule has 0 bridgehead atoms. The van der Waals surface area contributed by atoms with Crippen LogP contribution in [0.25, 0.3) is 16.5 Å². The minimum atomic E-state index is -0.665. The van der Waals surface area contributed by atoms with E-state index in [9.17, 15) is 9.59 Å². The lowest BCUT2D eigenvalue weighted by Gasteiger charge is -2.08. The maximum absolute atomic E-state index is 11.0. The highest BCUT2D eigenvalue weighted by molar-refractivity contribution is 5.93. The Morgan fingerprint density at radius 2 is 2.17 bits per heavy atom. The SMILES string of the molecule is CC(=O)Nc1cccc(/C=C/C(=O)N=[N+]=[N-])c1C. The molecule has 0 radical (unpaired) electrons. The molecule has 0 saturated heterocycles. The smallest absolute Gasteiger partial charge is 0.242 e. The number of benzene rings is 1. The van der Waals surface area contributed by atoms with Crippen molar-refractivity contribution in [3.63, 3.8) is 0 Å². The predicted molar refractivity (Wildman–Crippen MR) is 68.7 cm³/mol. The van der Waals surface area contributed by atoms with Gasteiger partial charge in [-0.05, 0) is 40.8 Å². The molecule has 1 N–H and O–H groups in total. The van der Waals surface area contributed by atoms with Crippen molar-refractivity contribution in [1.82, 2.24) is 0 Å². The van der Waals surface area contributed by atoms with Gasteiger partial charge in [0.25, 0.3) is 0 Å². The number of anilines is 1. The fourth-order valence-corrected chi connectivity index (χ4v) is 1.40. The summed E-state index contributed by atoms with van der Waals surface area (Å²) in [6.45, 7) is 3.25. The van der Waals surface area contributed by atoms with Crippen molar-refractivity contribution >= 4 is 23.6 Å². The molecule has 0 aliphatic heterocycles. The molecule has 0 spiro atoms. The molecule has 0 saturated carbocycles. The molecular weight excluding hydrogens is 232 g/mol. The number of amides is 2. The van der Waals surface area contributed by atoms with Crippen molar-refractivity contribution in [1.29, 1.82) is 0 Å². The summed E-state index contributed by atoms with van der Waals surface area (Å²) in [5.41, 5.74) is 10.4. The fraction of sp³-hybridized carbons (Fsp3) is 0.167. The van der Waals surface area contributed by atoms with Crippen molar-refractivity contribution < 1.29 is 9.59 Å². The molecule has 0 atom stereocenters. The van der Waals surface area contributed by atoms with Gasteiger partial charge in [-0.25, -0.2) is 0 Å². The van der Waals surface area contributed by atoms with Crippen LogP contribution in [-0.2, 0) is 9.59 Å². The summed E-state index contributed by atoms with van der Waals surface area (Å²) in [6.07, 6.45) is 2.72. The zero-order valence-electron chi connectivity index (χ0n) is 10.0. The lowest BCUT2D eigenvalue weighted by Crippen LogP contribution is -2.07. The highest BCUT2D eigenvalue weighted by atomic mass is 16.2. The van der Waals surface area contributed by atoms with Gasteiger partial charge in [0, 0.05) is 17.5 Å². The van der Waals surface area contributed by atoms with Gasteiger partial charge in [-0.3, -0.25) is 9.59 Å². The molecular formula is C12H12N4O2. The normalized spacial score (nSPS) is 9.89. The van der Waals surface area contributed by atoms with Gasteiger partial charge in [0.1, 0.15) is 0 Å². The molecule has 0 unspecified atom stereocenters. The van der Waals surface area contributed by atoms with Crippen LogP contribution in [0, 0.1) is 6.92 Å². The molecule has 0 heterocycles. The third-order valence-corrected chi connectivity index (χ3v) is 2.24. The van der Waals surface area contributed by atoms with Crippen LogP contribution < -0.4 is 5.32 Å². The Balaban J connectivity index is 3.00. The zero-order chi connectivity index (χ0) is 13.5. The molecule has 0 fully saturated rings. The first-order chi connectivity index (χ1) is 8.54. The van der Waals surface area contributed by atoms with E-state index in [0.29, 0.717) is 5.69 Å². The minimum absolute atomic E-state index is 0.163.